The standard InChI is InChI=1S/C21H23NO3.ClH/c1-23-20-10-8-16(14-21(20)24-2)12-13-22-15-18-9-11-19(25-18)17-6-4-3-5-7-17;/h3-11,14,22H,12-13,15H2,1-2H3;1H/p-1. The molecule has 0 saturated carbocycles. The first-order valence-electron chi connectivity index (χ1n) is 8.36. The molecule has 0 unspecified atom stereocenters. The molecule has 0 aliphatic rings. The first-order valence-corrected chi connectivity index (χ1v) is 8.36. The number of hydrogen-bond donors (Lipinski definition) is 1. The van der Waals surface area contributed by atoms with Crippen LogP contribution in [-0.4, -0.2) is 20.8 Å². The van der Waals surface area contributed by atoms with Gasteiger partial charge in [0.2, 0.25) is 0 Å². The molecule has 0 saturated heterocycles. The van der Waals surface area contributed by atoms with E-state index in [9.17, 15) is 0 Å². The van der Waals surface area contributed by atoms with Crippen LogP contribution in [0.1, 0.15) is 11.3 Å². The van der Waals surface area contributed by atoms with Gasteiger partial charge in [0.1, 0.15) is 11.5 Å². The SMILES string of the molecule is COc1ccc(CCNCc2ccc(-c3ccccc3)o2)cc1OC.[Cl-]. The van der Waals surface area contributed by atoms with Gasteiger partial charge in [-0.2, -0.15) is 0 Å². The van der Waals surface area contributed by atoms with Gasteiger partial charge in [0.25, 0.3) is 0 Å². The maximum atomic E-state index is 5.89. The Labute approximate surface area is 160 Å². The van der Waals surface area contributed by atoms with Crippen LogP contribution in [0.5, 0.6) is 11.5 Å². The molecule has 4 nitrogen and oxygen atoms in total. The Balaban J connectivity index is 0.00000243. The fourth-order valence-corrected chi connectivity index (χ4v) is 2.71. The van der Waals surface area contributed by atoms with Crippen molar-refractivity contribution >= 4 is 0 Å². The number of furan rings is 1. The van der Waals surface area contributed by atoms with Crippen molar-refractivity contribution in [3.05, 3.63) is 72.0 Å². The molecule has 0 fully saturated rings. The summed E-state index contributed by atoms with van der Waals surface area (Å²) in [5.74, 6) is 3.35. The van der Waals surface area contributed by atoms with Gasteiger partial charge in [0.05, 0.1) is 20.8 Å². The lowest BCUT2D eigenvalue weighted by molar-refractivity contribution is -0.00000616. The average Bonchev–Trinajstić information content (AvgIpc) is 3.14. The Bertz CT molecular complexity index is 802. The van der Waals surface area contributed by atoms with E-state index in [-0.39, 0.29) is 12.4 Å². The highest BCUT2D eigenvalue weighted by Crippen LogP contribution is 2.27. The quantitative estimate of drug-likeness (QED) is 0.605. The van der Waals surface area contributed by atoms with Crippen molar-refractivity contribution in [2.24, 2.45) is 0 Å². The number of rotatable bonds is 8. The van der Waals surface area contributed by atoms with Gasteiger partial charge in [0.15, 0.2) is 11.5 Å². The number of methoxy groups -OCH3 is 2. The fourth-order valence-electron chi connectivity index (χ4n) is 2.71. The molecular formula is C21H23ClNO3-. The molecule has 0 atom stereocenters. The third kappa shape index (κ3) is 5.04. The van der Waals surface area contributed by atoms with Gasteiger partial charge in [-0.25, -0.2) is 0 Å². The zero-order valence-electron chi connectivity index (χ0n) is 15.0. The number of nitrogens with one attached hydrogen (secondary N) is 1. The molecule has 0 radical (unpaired) electrons. The molecule has 138 valence electrons. The van der Waals surface area contributed by atoms with Crippen molar-refractivity contribution in [3.63, 3.8) is 0 Å². The molecule has 0 amide bonds. The Morgan fingerprint density at radius 3 is 2.38 bits per heavy atom. The Morgan fingerprint density at radius 2 is 1.65 bits per heavy atom. The van der Waals surface area contributed by atoms with Crippen molar-refractivity contribution < 1.29 is 26.3 Å². The van der Waals surface area contributed by atoms with Crippen molar-refractivity contribution in [1.82, 2.24) is 5.32 Å². The van der Waals surface area contributed by atoms with Crippen LogP contribution in [0.4, 0.5) is 0 Å². The number of benzene rings is 2. The molecule has 3 aromatic rings. The van der Waals surface area contributed by atoms with Gasteiger partial charge >= 0.3 is 0 Å². The van der Waals surface area contributed by atoms with Gasteiger partial charge in [-0.15, -0.1) is 0 Å². The summed E-state index contributed by atoms with van der Waals surface area (Å²) in [6.45, 7) is 1.57. The van der Waals surface area contributed by atoms with Crippen LogP contribution in [0, 0.1) is 0 Å². The maximum absolute atomic E-state index is 5.89. The predicted octanol–water partition coefficient (Wildman–Crippen LogP) is 1.30. The number of ether oxygens (including phenoxy) is 2. The molecule has 3 rings (SSSR count). The van der Waals surface area contributed by atoms with E-state index in [1.807, 2.05) is 54.6 Å². The molecule has 1 N–H and O–H groups in total. The first kappa shape index (κ1) is 19.9. The molecule has 26 heavy (non-hydrogen) atoms. The normalized spacial score (nSPS) is 10.2. The molecule has 0 aliphatic carbocycles. The fraction of sp³-hybridized carbons (Fsp3) is 0.238. The second-order valence-corrected chi connectivity index (χ2v) is 5.75. The zero-order valence-corrected chi connectivity index (χ0v) is 15.8. The molecule has 2 aromatic carbocycles. The molecule has 1 aromatic heterocycles. The van der Waals surface area contributed by atoms with Crippen LogP contribution in [-0.2, 0) is 13.0 Å². The maximum Gasteiger partial charge on any atom is 0.160 e. The summed E-state index contributed by atoms with van der Waals surface area (Å²) < 4.78 is 16.5. The van der Waals surface area contributed by atoms with Gasteiger partial charge < -0.3 is 31.6 Å². The highest BCUT2D eigenvalue weighted by atomic mass is 35.5. The lowest BCUT2D eigenvalue weighted by Crippen LogP contribution is -3.00. The van der Waals surface area contributed by atoms with Crippen LogP contribution in [0.2, 0.25) is 0 Å². The van der Waals surface area contributed by atoms with E-state index in [0.29, 0.717) is 6.54 Å². The molecule has 1 heterocycles. The predicted molar refractivity (Wildman–Crippen MR) is 99.1 cm³/mol. The van der Waals surface area contributed by atoms with Crippen LogP contribution < -0.4 is 27.2 Å². The van der Waals surface area contributed by atoms with Crippen LogP contribution in [0.15, 0.2) is 65.1 Å². The van der Waals surface area contributed by atoms with E-state index in [1.54, 1.807) is 14.2 Å². The second-order valence-electron chi connectivity index (χ2n) is 5.75. The van der Waals surface area contributed by atoms with E-state index in [1.165, 1.54) is 5.56 Å². The third-order valence-corrected chi connectivity index (χ3v) is 4.06. The first-order chi connectivity index (χ1) is 12.3. The molecule has 0 bridgehead atoms. The summed E-state index contributed by atoms with van der Waals surface area (Å²) >= 11 is 0. The second kappa shape index (κ2) is 9.90. The summed E-state index contributed by atoms with van der Waals surface area (Å²) in [6.07, 6.45) is 0.909. The van der Waals surface area contributed by atoms with E-state index < -0.39 is 0 Å². The third-order valence-electron chi connectivity index (χ3n) is 4.06. The van der Waals surface area contributed by atoms with Gasteiger partial charge in [-0.05, 0) is 42.8 Å². The zero-order chi connectivity index (χ0) is 17.5. The van der Waals surface area contributed by atoms with Gasteiger partial charge in [0, 0.05) is 5.56 Å². The summed E-state index contributed by atoms with van der Waals surface area (Å²) in [5.41, 5.74) is 2.30. The monoisotopic (exact) mass is 372 g/mol. The van der Waals surface area contributed by atoms with Crippen molar-refractivity contribution in [2.45, 2.75) is 13.0 Å². The smallest absolute Gasteiger partial charge is 0.160 e. The van der Waals surface area contributed by atoms with Gasteiger partial charge in [-0.1, -0.05) is 36.4 Å². The van der Waals surface area contributed by atoms with E-state index >= 15 is 0 Å². The molecule has 5 heteroatoms. The van der Waals surface area contributed by atoms with Gasteiger partial charge in [-0.3, -0.25) is 0 Å². The minimum atomic E-state index is 0. The van der Waals surface area contributed by atoms with Crippen molar-refractivity contribution in [3.8, 4) is 22.8 Å². The summed E-state index contributed by atoms with van der Waals surface area (Å²) in [7, 11) is 3.30. The molecular weight excluding hydrogens is 350 g/mol. The van der Waals surface area contributed by atoms with Crippen LogP contribution in [0.3, 0.4) is 0 Å². The van der Waals surface area contributed by atoms with E-state index in [0.717, 1.165) is 41.5 Å². The van der Waals surface area contributed by atoms with Crippen molar-refractivity contribution in [2.75, 3.05) is 20.8 Å². The summed E-state index contributed by atoms with van der Waals surface area (Å²) in [6, 6.07) is 20.2. The van der Waals surface area contributed by atoms with E-state index in [4.69, 9.17) is 13.9 Å². The average molecular weight is 373 g/mol. The van der Waals surface area contributed by atoms with Crippen LogP contribution in [0.25, 0.3) is 11.3 Å². The Kier molecular flexibility index (Phi) is 7.57. The minimum Gasteiger partial charge on any atom is -1.00 e. The topological polar surface area (TPSA) is 43.6 Å². The molecule has 0 spiro atoms. The van der Waals surface area contributed by atoms with E-state index in [2.05, 4.69) is 11.4 Å². The largest absolute Gasteiger partial charge is 1.00 e. The van der Waals surface area contributed by atoms with Crippen LogP contribution >= 0.6 is 0 Å². The summed E-state index contributed by atoms with van der Waals surface area (Å²) in [5, 5.41) is 3.42. The highest BCUT2D eigenvalue weighted by Gasteiger charge is 2.06. The van der Waals surface area contributed by atoms with Crippen molar-refractivity contribution in [1.29, 1.82) is 0 Å². The molecule has 0 aliphatic heterocycles. The highest BCUT2D eigenvalue weighted by molar-refractivity contribution is 5.57. The summed E-state index contributed by atoms with van der Waals surface area (Å²) in [4.78, 5) is 0. The lowest BCUT2D eigenvalue weighted by Gasteiger charge is -2.09. The number of halogens is 1. The Hall–Kier alpha value is -2.43. The minimum absolute atomic E-state index is 0. The Morgan fingerprint density at radius 1 is 0.885 bits per heavy atom. The number of hydrogen-bond acceptors (Lipinski definition) is 4. The lowest BCUT2D eigenvalue weighted by atomic mass is 10.1.